The fourth-order valence-electron chi connectivity index (χ4n) is 2.79. The summed E-state index contributed by atoms with van der Waals surface area (Å²) in [5.41, 5.74) is 1.93. The molecule has 0 aromatic heterocycles. The van der Waals surface area contributed by atoms with Gasteiger partial charge in [-0.05, 0) is 29.3 Å². The van der Waals surface area contributed by atoms with E-state index in [-0.39, 0.29) is 11.8 Å². The van der Waals surface area contributed by atoms with Crippen molar-refractivity contribution >= 4 is 17.5 Å². The summed E-state index contributed by atoms with van der Waals surface area (Å²) in [6.07, 6.45) is 0. The predicted molar refractivity (Wildman–Crippen MR) is 105 cm³/mol. The van der Waals surface area contributed by atoms with Crippen LogP contribution in [-0.2, 0) is 4.79 Å². The molecule has 0 spiro atoms. The Kier molecular flexibility index (Phi) is 6.29. The maximum atomic E-state index is 12.8. The van der Waals surface area contributed by atoms with E-state index in [9.17, 15) is 4.79 Å². The minimum Gasteiger partial charge on any atom is -0.492 e. The van der Waals surface area contributed by atoms with Crippen LogP contribution in [-0.4, -0.2) is 19.1 Å². The SMILES string of the molecule is O=C(NCCOc1cccc(Cl)c1)C(c1ccccc1)c1ccccc1. The highest BCUT2D eigenvalue weighted by molar-refractivity contribution is 6.30. The fraction of sp³-hybridized carbons (Fsp3) is 0.136. The second-order valence-corrected chi connectivity index (χ2v) is 6.29. The molecule has 132 valence electrons. The Morgan fingerprint density at radius 3 is 2.08 bits per heavy atom. The fourth-order valence-corrected chi connectivity index (χ4v) is 2.97. The minimum absolute atomic E-state index is 0.0444. The average Bonchev–Trinajstić information content (AvgIpc) is 2.67. The molecular weight excluding hydrogens is 346 g/mol. The summed E-state index contributed by atoms with van der Waals surface area (Å²) in [6, 6.07) is 26.8. The minimum atomic E-state index is -0.344. The maximum absolute atomic E-state index is 12.8. The van der Waals surface area contributed by atoms with Crippen molar-refractivity contribution in [3.05, 3.63) is 101 Å². The molecule has 1 N–H and O–H groups in total. The van der Waals surface area contributed by atoms with E-state index < -0.39 is 0 Å². The van der Waals surface area contributed by atoms with Crippen molar-refractivity contribution in [1.29, 1.82) is 0 Å². The third kappa shape index (κ3) is 4.87. The summed E-state index contributed by atoms with van der Waals surface area (Å²) in [7, 11) is 0. The number of carbonyl (C=O) groups excluding carboxylic acids is 1. The summed E-state index contributed by atoms with van der Waals surface area (Å²) in [4.78, 5) is 12.8. The number of hydrogen-bond acceptors (Lipinski definition) is 2. The van der Waals surface area contributed by atoms with Gasteiger partial charge < -0.3 is 10.1 Å². The molecule has 0 aliphatic heterocycles. The van der Waals surface area contributed by atoms with Crippen LogP contribution in [0.3, 0.4) is 0 Å². The smallest absolute Gasteiger partial charge is 0.232 e. The van der Waals surface area contributed by atoms with Gasteiger partial charge in [-0.3, -0.25) is 4.79 Å². The summed E-state index contributed by atoms with van der Waals surface area (Å²) >= 11 is 5.94. The molecule has 0 saturated heterocycles. The first-order chi connectivity index (χ1) is 12.7. The van der Waals surface area contributed by atoms with Gasteiger partial charge in [-0.1, -0.05) is 78.3 Å². The highest BCUT2D eigenvalue weighted by Crippen LogP contribution is 2.24. The van der Waals surface area contributed by atoms with Crippen LogP contribution in [0.4, 0.5) is 0 Å². The van der Waals surface area contributed by atoms with Gasteiger partial charge in [-0.25, -0.2) is 0 Å². The standard InChI is InChI=1S/C22H20ClNO2/c23-19-12-7-13-20(16-19)26-15-14-24-22(25)21(17-8-3-1-4-9-17)18-10-5-2-6-11-18/h1-13,16,21H,14-15H2,(H,24,25). The lowest BCUT2D eigenvalue weighted by atomic mass is 9.90. The van der Waals surface area contributed by atoms with Crippen molar-refractivity contribution in [1.82, 2.24) is 5.32 Å². The Hall–Kier alpha value is -2.78. The number of rotatable bonds is 7. The molecule has 0 aliphatic carbocycles. The average molecular weight is 366 g/mol. The monoisotopic (exact) mass is 365 g/mol. The Balaban J connectivity index is 1.63. The van der Waals surface area contributed by atoms with Crippen molar-refractivity contribution in [2.24, 2.45) is 0 Å². The first-order valence-electron chi connectivity index (χ1n) is 8.50. The molecule has 0 fully saturated rings. The van der Waals surface area contributed by atoms with Gasteiger partial charge >= 0.3 is 0 Å². The van der Waals surface area contributed by atoms with Crippen molar-refractivity contribution in [2.45, 2.75) is 5.92 Å². The number of carbonyl (C=O) groups is 1. The van der Waals surface area contributed by atoms with Crippen LogP contribution in [0.1, 0.15) is 17.0 Å². The van der Waals surface area contributed by atoms with Crippen molar-refractivity contribution in [3.63, 3.8) is 0 Å². The van der Waals surface area contributed by atoms with E-state index in [0.29, 0.717) is 23.9 Å². The lowest BCUT2D eigenvalue weighted by Crippen LogP contribution is -2.33. The van der Waals surface area contributed by atoms with E-state index in [1.54, 1.807) is 12.1 Å². The molecule has 3 aromatic carbocycles. The second kappa shape index (κ2) is 9.07. The molecule has 3 rings (SSSR count). The predicted octanol–water partition coefficient (Wildman–Crippen LogP) is 4.67. The molecule has 26 heavy (non-hydrogen) atoms. The van der Waals surface area contributed by atoms with Gasteiger partial charge in [0.25, 0.3) is 0 Å². The van der Waals surface area contributed by atoms with E-state index in [0.717, 1.165) is 11.1 Å². The van der Waals surface area contributed by atoms with E-state index in [1.165, 1.54) is 0 Å². The Bertz CT molecular complexity index is 798. The molecular formula is C22H20ClNO2. The first-order valence-corrected chi connectivity index (χ1v) is 8.88. The van der Waals surface area contributed by atoms with E-state index in [2.05, 4.69) is 5.32 Å². The van der Waals surface area contributed by atoms with Crippen molar-refractivity contribution in [2.75, 3.05) is 13.2 Å². The van der Waals surface area contributed by atoms with E-state index >= 15 is 0 Å². The number of halogens is 1. The molecule has 0 unspecified atom stereocenters. The van der Waals surface area contributed by atoms with Gasteiger partial charge in [0.1, 0.15) is 12.4 Å². The van der Waals surface area contributed by atoms with Crippen molar-refractivity contribution < 1.29 is 9.53 Å². The molecule has 4 heteroatoms. The summed E-state index contributed by atoms with van der Waals surface area (Å²) in [6.45, 7) is 0.796. The zero-order valence-electron chi connectivity index (χ0n) is 14.3. The van der Waals surface area contributed by atoms with E-state index in [4.69, 9.17) is 16.3 Å². The van der Waals surface area contributed by atoms with Crippen LogP contribution in [0, 0.1) is 0 Å². The number of nitrogens with one attached hydrogen (secondary N) is 1. The van der Waals surface area contributed by atoms with Gasteiger partial charge in [-0.2, -0.15) is 0 Å². The van der Waals surface area contributed by atoms with Crippen LogP contribution < -0.4 is 10.1 Å². The molecule has 0 saturated carbocycles. The lowest BCUT2D eigenvalue weighted by Gasteiger charge is -2.18. The zero-order valence-corrected chi connectivity index (χ0v) is 15.0. The molecule has 3 aromatic rings. The number of hydrogen-bond donors (Lipinski definition) is 1. The number of benzene rings is 3. The third-order valence-corrected chi connectivity index (χ3v) is 4.23. The Morgan fingerprint density at radius 2 is 1.50 bits per heavy atom. The molecule has 3 nitrogen and oxygen atoms in total. The second-order valence-electron chi connectivity index (χ2n) is 5.85. The topological polar surface area (TPSA) is 38.3 Å². The molecule has 0 bridgehead atoms. The summed E-state index contributed by atoms with van der Waals surface area (Å²) in [5.74, 6) is 0.301. The van der Waals surface area contributed by atoms with Crippen LogP contribution in [0.5, 0.6) is 5.75 Å². The summed E-state index contributed by atoms with van der Waals surface area (Å²) < 4.78 is 5.63. The lowest BCUT2D eigenvalue weighted by molar-refractivity contribution is -0.121. The van der Waals surface area contributed by atoms with Gasteiger partial charge in [-0.15, -0.1) is 0 Å². The first kappa shape index (κ1) is 18.0. The van der Waals surface area contributed by atoms with Gasteiger partial charge in [0, 0.05) is 5.02 Å². The van der Waals surface area contributed by atoms with Crippen LogP contribution in [0.15, 0.2) is 84.9 Å². The van der Waals surface area contributed by atoms with Gasteiger partial charge in [0.2, 0.25) is 5.91 Å². The van der Waals surface area contributed by atoms with Crippen LogP contribution >= 0.6 is 11.6 Å². The highest BCUT2D eigenvalue weighted by atomic mass is 35.5. The largest absolute Gasteiger partial charge is 0.492 e. The van der Waals surface area contributed by atoms with Gasteiger partial charge in [0.15, 0.2) is 0 Å². The molecule has 0 heterocycles. The van der Waals surface area contributed by atoms with Crippen molar-refractivity contribution in [3.8, 4) is 5.75 Å². The Labute approximate surface area is 158 Å². The quantitative estimate of drug-likeness (QED) is 0.618. The normalized spacial score (nSPS) is 10.5. The molecule has 0 aliphatic rings. The van der Waals surface area contributed by atoms with Crippen LogP contribution in [0.25, 0.3) is 0 Å². The highest BCUT2D eigenvalue weighted by Gasteiger charge is 2.21. The molecule has 0 radical (unpaired) electrons. The number of ether oxygens (including phenoxy) is 1. The Morgan fingerprint density at radius 1 is 0.885 bits per heavy atom. The van der Waals surface area contributed by atoms with Gasteiger partial charge in [0.05, 0.1) is 12.5 Å². The van der Waals surface area contributed by atoms with E-state index in [1.807, 2.05) is 72.8 Å². The maximum Gasteiger partial charge on any atom is 0.232 e. The third-order valence-electron chi connectivity index (χ3n) is 3.99. The number of amides is 1. The zero-order chi connectivity index (χ0) is 18.2. The molecule has 1 amide bonds. The molecule has 0 atom stereocenters. The summed E-state index contributed by atoms with van der Waals surface area (Å²) in [5, 5.41) is 3.59. The van der Waals surface area contributed by atoms with Crippen LogP contribution in [0.2, 0.25) is 5.02 Å².